The van der Waals surface area contributed by atoms with Gasteiger partial charge in [0.05, 0.1) is 18.2 Å². The molecule has 0 saturated heterocycles. The number of rotatable bonds is 4. The highest BCUT2D eigenvalue weighted by atomic mass is 19.4. The average Bonchev–Trinajstić information content (AvgIpc) is 2.47. The minimum absolute atomic E-state index is 0.0451. The zero-order chi connectivity index (χ0) is 16.2. The van der Waals surface area contributed by atoms with Crippen molar-refractivity contribution in [2.24, 2.45) is 0 Å². The van der Waals surface area contributed by atoms with Crippen molar-refractivity contribution >= 4 is 11.6 Å². The summed E-state index contributed by atoms with van der Waals surface area (Å²) in [6.07, 6.45) is -3.93. The van der Waals surface area contributed by atoms with E-state index in [-0.39, 0.29) is 12.6 Å². The molecule has 5 nitrogen and oxygen atoms in total. The zero-order valence-corrected chi connectivity index (χ0v) is 11.5. The second-order valence-electron chi connectivity index (χ2n) is 4.16. The van der Waals surface area contributed by atoms with Gasteiger partial charge in [-0.3, -0.25) is 0 Å². The molecule has 1 aromatic carbocycles. The average molecular weight is 308 g/mol. The van der Waals surface area contributed by atoms with Crippen molar-refractivity contribution in [3.05, 3.63) is 41.6 Å². The Labute approximate surface area is 124 Å². The Morgan fingerprint density at radius 1 is 1.36 bits per heavy atom. The number of hydrogen-bond acceptors (Lipinski definition) is 5. The third-order valence-corrected chi connectivity index (χ3v) is 2.59. The molecule has 2 rings (SSSR count). The van der Waals surface area contributed by atoms with Crippen molar-refractivity contribution in [1.82, 2.24) is 9.97 Å². The summed E-state index contributed by atoms with van der Waals surface area (Å²) in [6, 6.07) is 8.36. The van der Waals surface area contributed by atoms with E-state index >= 15 is 0 Å². The van der Waals surface area contributed by atoms with Crippen LogP contribution in [-0.2, 0) is 6.18 Å². The lowest BCUT2D eigenvalue weighted by Gasteiger charge is -2.13. The van der Waals surface area contributed by atoms with Gasteiger partial charge in [0.25, 0.3) is 0 Å². The first-order chi connectivity index (χ1) is 10.4. The van der Waals surface area contributed by atoms with E-state index in [1.54, 1.807) is 25.1 Å². The number of alkyl halides is 3. The Morgan fingerprint density at radius 3 is 2.77 bits per heavy atom. The largest absolute Gasteiger partial charge is 0.477 e. The summed E-state index contributed by atoms with van der Waals surface area (Å²) in [7, 11) is 0. The van der Waals surface area contributed by atoms with Gasteiger partial charge in [0.2, 0.25) is 11.8 Å². The molecule has 0 amide bonds. The molecule has 1 N–H and O–H groups in total. The van der Waals surface area contributed by atoms with Crippen LogP contribution in [0.4, 0.5) is 24.8 Å². The number of anilines is 2. The first-order valence-corrected chi connectivity index (χ1v) is 6.28. The Balaban J connectivity index is 2.32. The molecule has 0 spiro atoms. The summed E-state index contributed by atoms with van der Waals surface area (Å²) in [5, 5.41) is 11.5. The molecular weight excluding hydrogens is 297 g/mol. The smallest absolute Gasteiger partial charge is 0.423 e. The van der Waals surface area contributed by atoms with Crippen LogP contribution in [0.3, 0.4) is 0 Å². The fourth-order valence-electron chi connectivity index (χ4n) is 1.66. The summed E-state index contributed by atoms with van der Waals surface area (Å²) < 4.78 is 43.4. The van der Waals surface area contributed by atoms with Gasteiger partial charge in [0.15, 0.2) is 0 Å². The maximum atomic E-state index is 12.8. The molecule has 0 radical (unpaired) electrons. The monoisotopic (exact) mass is 308 g/mol. The summed E-state index contributed by atoms with van der Waals surface area (Å²) >= 11 is 0. The number of nitrogens with zero attached hydrogens (tertiary/aromatic N) is 3. The van der Waals surface area contributed by atoms with Gasteiger partial charge in [-0.15, -0.1) is 0 Å². The van der Waals surface area contributed by atoms with Gasteiger partial charge in [-0.1, -0.05) is 6.07 Å². The fraction of sp³-hybridized carbons (Fsp3) is 0.214. The lowest BCUT2D eigenvalue weighted by atomic mass is 10.2. The molecule has 8 heteroatoms. The predicted octanol–water partition coefficient (Wildman–Crippen LogP) is 3.51. The minimum atomic E-state index is -4.59. The number of hydrogen-bond donors (Lipinski definition) is 1. The van der Waals surface area contributed by atoms with Gasteiger partial charge < -0.3 is 10.1 Å². The van der Waals surface area contributed by atoms with Crippen LogP contribution in [0.5, 0.6) is 5.88 Å². The molecule has 0 fully saturated rings. The van der Waals surface area contributed by atoms with Crippen LogP contribution >= 0.6 is 0 Å². The molecule has 0 bridgehead atoms. The molecule has 2 aromatic rings. The van der Waals surface area contributed by atoms with Crippen molar-refractivity contribution in [3.8, 4) is 11.9 Å². The molecule has 0 unspecified atom stereocenters. The van der Waals surface area contributed by atoms with Crippen LogP contribution in [0, 0.1) is 11.3 Å². The van der Waals surface area contributed by atoms with E-state index in [2.05, 4.69) is 15.3 Å². The normalized spacial score (nSPS) is 10.9. The van der Waals surface area contributed by atoms with Crippen LogP contribution in [-0.4, -0.2) is 16.6 Å². The molecule has 0 aliphatic heterocycles. The summed E-state index contributed by atoms with van der Waals surface area (Å²) in [5.41, 5.74) is -0.145. The van der Waals surface area contributed by atoms with Crippen LogP contribution < -0.4 is 10.1 Å². The molecular formula is C14H11F3N4O. The highest BCUT2D eigenvalue weighted by Gasteiger charge is 2.36. The number of aromatic nitrogens is 2. The standard InChI is InChI=1S/C14H11F3N4O/c1-2-22-12-11(14(15,16)17)8-19-13(21-12)20-10-5-3-4-9(6-10)7-18/h3-6,8H,2H2,1H3,(H,19,20,21). The number of benzene rings is 1. The highest BCUT2D eigenvalue weighted by Crippen LogP contribution is 2.35. The first-order valence-electron chi connectivity index (χ1n) is 6.28. The van der Waals surface area contributed by atoms with Crippen molar-refractivity contribution in [2.75, 3.05) is 11.9 Å². The Morgan fingerprint density at radius 2 is 2.14 bits per heavy atom. The third-order valence-electron chi connectivity index (χ3n) is 2.59. The summed E-state index contributed by atoms with van der Waals surface area (Å²) in [5.74, 6) is -0.588. The second kappa shape index (κ2) is 6.30. The molecule has 0 aliphatic carbocycles. The quantitative estimate of drug-likeness (QED) is 0.936. The van der Waals surface area contributed by atoms with Gasteiger partial charge in [-0.05, 0) is 25.1 Å². The van der Waals surface area contributed by atoms with Crippen molar-refractivity contribution < 1.29 is 17.9 Å². The van der Waals surface area contributed by atoms with Crippen LogP contribution in [0.25, 0.3) is 0 Å². The topological polar surface area (TPSA) is 70.8 Å². The second-order valence-corrected chi connectivity index (χ2v) is 4.16. The molecule has 0 atom stereocenters. The Hall–Kier alpha value is -2.82. The van der Waals surface area contributed by atoms with Gasteiger partial charge in [-0.25, -0.2) is 4.98 Å². The number of ether oxygens (including phenoxy) is 1. The molecule has 114 valence electrons. The van der Waals surface area contributed by atoms with E-state index < -0.39 is 17.6 Å². The van der Waals surface area contributed by atoms with Gasteiger partial charge in [0, 0.05) is 11.9 Å². The maximum absolute atomic E-state index is 12.8. The number of halogens is 3. The van der Waals surface area contributed by atoms with E-state index in [1.165, 1.54) is 6.07 Å². The van der Waals surface area contributed by atoms with E-state index in [4.69, 9.17) is 10.00 Å². The van der Waals surface area contributed by atoms with Gasteiger partial charge in [0.1, 0.15) is 5.56 Å². The number of nitrogens with one attached hydrogen (secondary N) is 1. The number of nitriles is 1. The van der Waals surface area contributed by atoms with Crippen molar-refractivity contribution in [1.29, 1.82) is 5.26 Å². The van der Waals surface area contributed by atoms with Crippen molar-refractivity contribution in [2.45, 2.75) is 13.1 Å². The molecule has 22 heavy (non-hydrogen) atoms. The van der Waals surface area contributed by atoms with Crippen LogP contribution in [0.2, 0.25) is 0 Å². The lowest BCUT2D eigenvalue weighted by Crippen LogP contribution is -2.12. The summed E-state index contributed by atoms with van der Waals surface area (Å²) in [4.78, 5) is 7.37. The Kier molecular flexibility index (Phi) is 4.46. The lowest BCUT2D eigenvalue weighted by molar-refractivity contribution is -0.139. The van der Waals surface area contributed by atoms with Gasteiger partial charge in [-0.2, -0.15) is 23.4 Å². The molecule has 1 aromatic heterocycles. The van der Waals surface area contributed by atoms with Crippen LogP contribution in [0.15, 0.2) is 30.5 Å². The minimum Gasteiger partial charge on any atom is -0.477 e. The first kappa shape index (κ1) is 15.6. The maximum Gasteiger partial charge on any atom is 0.423 e. The summed E-state index contributed by atoms with van der Waals surface area (Å²) in [6.45, 7) is 1.61. The highest BCUT2D eigenvalue weighted by molar-refractivity contribution is 5.56. The Bertz CT molecular complexity index is 710. The van der Waals surface area contributed by atoms with E-state index in [0.29, 0.717) is 17.4 Å². The zero-order valence-electron chi connectivity index (χ0n) is 11.5. The molecule has 0 aliphatic rings. The SMILES string of the molecule is CCOc1nc(Nc2cccc(C#N)c2)ncc1C(F)(F)F. The molecule has 1 heterocycles. The van der Waals surface area contributed by atoms with E-state index in [9.17, 15) is 13.2 Å². The van der Waals surface area contributed by atoms with Gasteiger partial charge >= 0.3 is 6.18 Å². The van der Waals surface area contributed by atoms with Crippen molar-refractivity contribution in [3.63, 3.8) is 0 Å². The predicted molar refractivity (Wildman–Crippen MR) is 72.6 cm³/mol. The van der Waals surface area contributed by atoms with Crippen LogP contribution in [0.1, 0.15) is 18.1 Å². The van der Waals surface area contributed by atoms with E-state index in [0.717, 1.165) is 0 Å². The third kappa shape index (κ3) is 3.63. The van der Waals surface area contributed by atoms with E-state index in [1.807, 2.05) is 6.07 Å². The molecule has 0 saturated carbocycles. The fourth-order valence-corrected chi connectivity index (χ4v) is 1.66.